The first kappa shape index (κ1) is 19.6. The van der Waals surface area contributed by atoms with E-state index < -0.39 is 0 Å². The quantitative estimate of drug-likeness (QED) is 0.687. The van der Waals surface area contributed by atoms with E-state index in [1.54, 1.807) is 21.3 Å². The van der Waals surface area contributed by atoms with Gasteiger partial charge in [0.25, 0.3) is 0 Å². The molecule has 5 heteroatoms. The van der Waals surface area contributed by atoms with Crippen LogP contribution in [-0.2, 0) is 17.8 Å². The molecular weight excluding hydrogens is 330 g/mol. The monoisotopic (exact) mass is 357 g/mol. The number of nitrogens with zero attached hydrogens (tertiary/aromatic N) is 1. The molecule has 0 heterocycles. The largest absolute Gasteiger partial charge is 0.497 e. The molecule has 5 nitrogen and oxygen atoms in total. The summed E-state index contributed by atoms with van der Waals surface area (Å²) in [6, 6.07) is 13.6. The van der Waals surface area contributed by atoms with Gasteiger partial charge in [-0.05, 0) is 48.7 Å². The van der Waals surface area contributed by atoms with Gasteiger partial charge in [-0.1, -0.05) is 18.2 Å². The number of carbonyl (C=O) groups excluding carboxylic acids is 1. The van der Waals surface area contributed by atoms with E-state index in [0.717, 1.165) is 16.9 Å². The highest BCUT2D eigenvalue weighted by atomic mass is 16.5. The number of hydrogen-bond acceptors (Lipinski definition) is 4. The number of rotatable bonds is 9. The molecule has 0 aliphatic rings. The van der Waals surface area contributed by atoms with Crippen molar-refractivity contribution in [2.45, 2.75) is 26.3 Å². The van der Waals surface area contributed by atoms with Gasteiger partial charge in [0.15, 0.2) is 11.5 Å². The van der Waals surface area contributed by atoms with Crippen molar-refractivity contribution in [1.82, 2.24) is 4.90 Å². The average molecular weight is 357 g/mol. The van der Waals surface area contributed by atoms with Gasteiger partial charge in [-0.3, -0.25) is 4.79 Å². The normalized spacial score (nSPS) is 10.3. The summed E-state index contributed by atoms with van der Waals surface area (Å²) < 4.78 is 15.8. The average Bonchev–Trinajstić information content (AvgIpc) is 2.70. The number of aryl methyl sites for hydroxylation is 1. The van der Waals surface area contributed by atoms with E-state index in [0.29, 0.717) is 37.4 Å². The molecule has 1 amide bonds. The molecule has 0 saturated carbocycles. The summed E-state index contributed by atoms with van der Waals surface area (Å²) in [6.45, 7) is 3.20. The molecule has 0 spiro atoms. The van der Waals surface area contributed by atoms with Crippen molar-refractivity contribution in [1.29, 1.82) is 0 Å². The second-order valence-electron chi connectivity index (χ2n) is 5.95. The van der Waals surface area contributed by atoms with E-state index in [2.05, 4.69) is 0 Å². The van der Waals surface area contributed by atoms with Gasteiger partial charge in [-0.2, -0.15) is 0 Å². The fourth-order valence-electron chi connectivity index (χ4n) is 2.81. The van der Waals surface area contributed by atoms with Crippen LogP contribution in [0.15, 0.2) is 42.5 Å². The van der Waals surface area contributed by atoms with Crippen molar-refractivity contribution in [2.24, 2.45) is 0 Å². The third kappa shape index (κ3) is 5.15. The molecule has 2 rings (SSSR count). The van der Waals surface area contributed by atoms with E-state index in [1.807, 2.05) is 54.3 Å². The van der Waals surface area contributed by atoms with Gasteiger partial charge in [-0.25, -0.2) is 0 Å². The van der Waals surface area contributed by atoms with Crippen LogP contribution < -0.4 is 14.2 Å². The highest BCUT2D eigenvalue weighted by Gasteiger charge is 2.14. The molecule has 0 fully saturated rings. The van der Waals surface area contributed by atoms with Gasteiger partial charge in [0, 0.05) is 19.5 Å². The molecule has 0 bridgehead atoms. The van der Waals surface area contributed by atoms with Crippen molar-refractivity contribution in [3.05, 3.63) is 53.6 Å². The number of hydrogen-bond donors (Lipinski definition) is 0. The summed E-state index contributed by atoms with van der Waals surface area (Å²) >= 11 is 0. The van der Waals surface area contributed by atoms with Crippen LogP contribution in [0.25, 0.3) is 0 Å². The fraction of sp³-hybridized carbons (Fsp3) is 0.381. The Bertz CT molecular complexity index is 730. The Labute approximate surface area is 155 Å². The van der Waals surface area contributed by atoms with Gasteiger partial charge in [0.05, 0.1) is 21.3 Å². The summed E-state index contributed by atoms with van der Waals surface area (Å²) in [5, 5.41) is 0. The molecule has 0 atom stereocenters. The zero-order chi connectivity index (χ0) is 18.9. The van der Waals surface area contributed by atoms with E-state index in [4.69, 9.17) is 14.2 Å². The molecule has 2 aromatic carbocycles. The van der Waals surface area contributed by atoms with Crippen LogP contribution in [0.2, 0.25) is 0 Å². The predicted octanol–water partition coefficient (Wildman–Crippen LogP) is 3.69. The highest BCUT2D eigenvalue weighted by molar-refractivity contribution is 5.76. The Morgan fingerprint density at radius 2 is 1.69 bits per heavy atom. The molecule has 0 unspecified atom stereocenters. The highest BCUT2D eigenvalue weighted by Crippen LogP contribution is 2.28. The van der Waals surface area contributed by atoms with Gasteiger partial charge in [0.1, 0.15) is 5.75 Å². The van der Waals surface area contributed by atoms with Crippen LogP contribution in [0.1, 0.15) is 24.5 Å². The minimum Gasteiger partial charge on any atom is -0.497 e. The third-order valence-corrected chi connectivity index (χ3v) is 4.32. The molecule has 0 aromatic heterocycles. The molecule has 0 aliphatic carbocycles. The van der Waals surface area contributed by atoms with Crippen LogP contribution in [-0.4, -0.2) is 38.7 Å². The Balaban J connectivity index is 1.99. The molecule has 0 saturated heterocycles. The van der Waals surface area contributed by atoms with Crippen LogP contribution in [0.5, 0.6) is 17.2 Å². The molecule has 26 heavy (non-hydrogen) atoms. The minimum absolute atomic E-state index is 0.130. The SMILES string of the molecule is CCN(Cc1ccc(OC)c(OC)c1)C(=O)CCc1cccc(OC)c1. The number of benzene rings is 2. The maximum Gasteiger partial charge on any atom is 0.223 e. The number of ether oxygens (including phenoxy) is 3. The van der Waals surface area contributed by atoms with Crippen molar-refractivity contribution in [2.75, 3.05) is 27.9 Å². The fourth-order valence-corrected chi connectivity index (χ4v) is 2.81. The lowest BCUT2D eigenvalue weighted by atomic mass is 10.1. The van der Waals surface area contributed by atoms with Crippen molar-refractivity contribution in [3.63, 3.8) is 0 Å². The number of methoxy groups -OCH3 is 3. The maximum atomic E-state index is 12.6. The molecular formula is C21H27NO4. The maximum absolute atomic E-state index is 12.6. The van der Waals surface area contributed by atoms with Crippen molar-refractivity contribution < 1.29 is 19.0 Å². The Morgan fingerprint density at radius 1 is 0.923 bits per heavy atom. The summed E-state index contributed by atoms with van der Waals surface area (Å²) in [7, 11) is 4.86. The van der Waals surface area contributed by atoms with Crippen LogP contribution in [0, 0.1) is 0 Å². The van der Waals surface area contributed by atoms with E-state index >= 15 is 0 Å². The summed E-state index contributed by atoms with van der Waals surface area (Å²) in [4.78, 5) is 14.5. The first-order chi connectivity index (χ1) is 12.6. The van der Waals surface area contributed by atoms with Gasteiger partial charge < -0.3 is 19.1 Å². The minimum atomic E-state index is 0.130. The Hall–Kier alpha value is -2.69. The summed E-state index contributed by atoms with van der Waals surface area (Å²) in [5.41, 5.74) is 2.11. The molecule has 0 radical (unpaired) electrons. The lowest BCUT2D eigenvalue weighted by molar-refractivity contribution is -0.131. The molecule has 0 N–H and O–H groups in total. The lowest BCUT2D eigenvalue weighted by Gasteiger charge is -2.22. The van der Waals surface area contributed by atoms with E-state index in [9.17, 15) is 4.79 Å². The topological polar surface area (TPSA) is 48.0 Å². The lowest BCUT2D eigenvalue weighted by Crippen LogP contribution is -2.30. The summed E-state index contributed by atoms with van der Waals surface area (Å²) in [5.74, 6) is 2.30. The zero-order valence-corrected chi connectivity index (χ0v) is 16.0. The Morgan fingerprint density at radius 3 is 2.35 bits per heavy atom. The smallest absolute Gasteiger partial charge is 0.223 e. The van der Waals surface area contributed by atoms with E-state index in [-0.39, 0.29) is 5.91 Å². The zero-order valence-electron chi connectivity index (χ0n) is 16.0. The molecule has 140 valence electrons. The first-order valence-corrected chi connectivity index (χ1v) is 8.72. The van der Waals surface area contributed by atoms with Crippen LogP contribution >= 0.6 is 0 Å². The second kappa shape index (κ2) is 9.70. The predicted molar refractivity (Wildman–Crippen MR) is 102 cm³/mol. The third-order valence-electron chi connectivity index (χ3n) is 4.32. The standard InChI is InChI=1S/C21H27NO4/c1-5-22(15-17-9-11-19(25-3)20(14-17)26-4)21(23)12-10-16-7-6-8-18(13-16)24-2/h6-9,11,13-14H,5,10,12,15H2,1-4H3. The van der Waals surface area contributed by atoms with Crippen LogP contribution in [0.3, 0.4) is 0 Å². The first-order valence-electron chi connectivity index (χ1n) is 8.72. The van der Waals surface area contributed by atoms with E-state index in [1.165, 1.54) is 0 Å². The summed E-state index contributed by atoms with van der Waals surface area (Å²) in [6.07, 6.45) is 1.16. The van der Waals surface area contributed by atoms with Gasteiger partial charge >= 0.3 is 0 Å². The van der Waals surface area contributed by atoms with Crippen LogP contribution in [0.4, 0.5) is 0 Å². The Kier molecular flexibility index (Phi) is 7.33. The number of carbonyl (C=O) groups is 1. The van der Waals surface area contributed by atoms with Crippen molar-refractivity contribution in [3.8, 4) is 17.2 Å². The molecule has 0 aliphatic heterocycles. The van der Waals surface area contributed by atoms with Gasteiger partial charge in [0.2, 0.25) is 5.91 Å². The van der Waals surface area contributed by atoms with Gasteiger partial charge in [-0.15, -0.1) is 0 Å². The number of amides is 1. The van der Waals surface area contributed by atoms with Crippen molar-refractivity contribution >= 4 is 5.91 Å². The molecule has 2 aromatic rings. The second-order valence-corrected chi connectivity index (χ2v) is 5.95.